The van der Waals surface area contributed by atoms with Crippen LogP contribution in [-0.2, 0) is 0 Å². The molecule has 1 heterocycles. The third kappa shape index (κ3) is 3.83. The fraction of sp³-hybridized carbons (Fsp3) is 0.375. The van der Waals surface area contributed by atoms with Gasteiger partial charge in [0.25, 0.3) is 11.5 Å². The minimum atomic E-state index is -0.287. The number of carbonyl (C=O) groups excluding carboxylic acids is 1. The smallest absolute Gasteiger partial charge is 0.271 e. The molecule has 1 unspecified atom stereocenters. The lowest BCUT2D eigenvalue weighted by molar-refractivity contribution is 0.0928. The van der Waals surface area contributed by atoms with Gasteiger partial charge in [-0.2, -0.15) is 0 Å². The van der Waals surface area contributed by atoms with Crippen molar-refractivity contribution >= 4 is 18.3 Å². The highest BCUT2D eigenvalue weighted by Crippen LogP contribution is 2.32. The molecule has 1 fully saturated rings. The van der Waals surface area contributed by atoms with E-state index in [9.17, 15) is 9.59 Å². The Labute approximate surface area is 140 Å². The molecule has 124 valence electrons. The highest BCUT2D eigenvalue weighted by atomic mass is 35.5. The molecule has 0 radical (unpaired) electrons. The third-order valence-corrected chi connectivity index (χ3v) is 4.02. The third-order valence-electron chi connectivity index (χ3n) is 4.02. The van der Waals surface area contributed by atoms with Gasteiger partial charge in [0.05, 0.1) is 5.69 Å². The zero-order valence-corrected chi connectivity index (χ0v) is 13.7. The van der Waals surface area contributed by atoms with E-state index < -0.39 is 0 Å². The summed E-state index contributed by atoms with van der Waals surface area (Å²) in [5.41, 5.74) is 7.49. The van der Waals surface area contributed by atoms with Crippen LogP contribution in [0.5, 0.6) is 0 Å². The van der Waals surface area contributed by atoms with Gasteiger partial charge in [-0.3, -0.25) is 14.7 Å². The monoisotopic (exact) mass is 336 g/mol. The number of carbonyl (C=O) groups is 1. The average molecular weight is 337 g/mol. The molecule has 4 N–H and O–H groups in total. The van der Waals surface area contributed by atoms with Crippen molar-refractivity contribution in [2.75, 3.05) is 6.54 Å². The lowest BCUT2D eigenvalue weighted by Crippen LogP contribution is -2.41. The summed E-state index contributed by atoms with van der Waals surface area (Å²) < 4.78 is 1.36. The first-order valence-corrected chi connectivity index (χ1v) is 7.48. The molecule has 6 nitrogen and oxygen atoms in total. The molecule has 0 aliphatic heterocycles. The van der Waals surface area contributed by atoms with Gasteiger partial charge in [-0.25, -0.2) is 4.68 Å². The Hall–Kier alpha value is -2.05. The van der Waals surface area contributed by atoms with Crippen LogP contribution in [0.25, 0.3) is 5.69 Å². The van der Waals surface area contributed by atoms with Gasteiger partial charge in [0.2, 0.25) is 0 Å². The van der Waals surface area contributed by atoms with E-state index in [1.165, 1.54) is 10.7 Å². The van der Waals surface area contributed by atoms with Crippen molar-refractivity contribution in [1.29, 1.82) is 0 Å². The summed E-state index contributed by atoms with van der Waals surface area (Å²) in [6.45, 7) is 2.39. The molecule has 0 saturated heterocycles. The Morgan fingerprint density at radius 3 is 2.61 bits per heavy atom. The Morgan fingerprint density at radius 2 is 2.04 bits per heavy atom. The molecular formula is C16H21ClN4O2. The second-order valence-electron chi connectivity index (χ2n) is 5.83. The van der Waals surface area contributed by atoms with Crippen LogP contribution in [0.2, 0.25) is 0 Å². The fourth-order valence-electron chi connectivity index (χ4n) is 2.51. The molecule has 23 heavy (non-hydrogen) atoms. The van der Waals surface area contributed by atoms with E-state index in [0.29, 0.717) is 18.2 Å². The second kappa shape index (κ2) is 7.02. The summed E-state index contributed by atoms with van der Waals surface area (Å²) in [5, 5.41) is 5.76. The summed E-state index contributed by atoms with van der Waals surface area (Å²) in [4.78, 5) is 24.3. The van der Waals surface area contributed by atoms with Crippen LogP contribution in [0.3, 0.4) is 0 Å². The summed E-state index contributed by atoms with van der Waals surface area (Å²) in [6, 6.07) is 8.80. The summed E-state index contributed by atoms with van der Waals surface area (Å²) in [6.07, 6.45) is 2.20. The number of H-pyrrole nitrogens is 1. The molecule has 2 aromatic rings. The molecule has 1 atom stereocenters. The standard InChI is InChI=1S/C16H20N4O2.ClH/c1-10-2-6-12(7-3-10)20-15(21)8-13(19-20)16(22)18-14(9-17)11-4-5-11;/h2-3,6-8,11,14,19H,4-5,9,17H2,1H3,(H,18,22);1H. The highest BCUT2D eigenvalue weighted by Gasteiger charge is 2.31. The summed E-state index contributed by atoms with van der Waals surface area (Å²) >= 11 is 0. The fourth-order valence-corrected chi connectivity index (χ4v) is 2.51. The molecule has 1 amide bonds. The van der Waals surface area contributed by atoms with Crippen molar-refractivity contribution in [1.82, 2.24) is 15.1 Å². The Kier molecular flexibility index (Phi) is 5.28. The van der Waals surface area contributed by atoms with Gasteiger partial charge < -0.3 is 11.1 Å². The van der Waals surface area contributed by atoms with E-state index in [1.54, 1.807) is 0 Å². The number of hydrogen-bond acceptors (Lipinski definition) is 3. The molecule has 1 aromatic carbocycles. The average Bonchev–Trinajstić information content (AvgIpc) is 3.28. The van der Waals surface area contributed by atoms with E-state index >= 15 is 0 Å². The number of benzene rings is 1. The number of aromatic nitrogens is 2. The minimum absolute atomic E-state index is 0. The van der Waals surface area contributed by atoms with E-state index in [-0.39, 0.29) is 35.6 Å². The number of nitrogens with two attached hydrogens (primary N) is 1. The maximum absolute atomic E-state index is 12.2. The van der Waals surface area contributed by atoms with Gasteiger partial charge in [-0.15, -0.1) is 12.4 Å². The predicted octanol–water partition coefficient (Wildman–Crippen LogP) is 1.36. The first kappa shape index (κ1) is 17.3. The second-order valence-corrected chi connectivity index (χ2v) is 5.83. The van der Waals surface area contributed by atoms with Crippen LogP contribution in [0.15, 0.2) is 35.1 Å². The molecule has 0 spiro atoms. The number of aryl methyl sites for hydroxylation is 1. The van der Waals surface area contributed by atoms with Crippen molar-refractivity contribution in [3.8, 4) is 5.69 Å². The van der Waals surface area contributed by atoms with Crippen molar-refractivity contribution in [3.05, 3.63) is 51.9 Å². The van der Waals surface area contributed by atoms with E-state index in [0.717, 1.165) is 18.4 Å². The van der Waals surface area contributed by atoms with Crippen molar-refractivity contribution < 1.29 is 4.79 Å². The van der Waals surface area contributed by atoms with Crippen molar-refractivity contribution in [2.45, 2.75) is 25.8 Å². The van der Waals surface area contributed by atoms with Crippen LogP contribution >= 0.6 is 12.4 Å². The predicted molar refractivity (Wildman–Crippen MR) is 91.4 cm³/mol. The number of aromatic amines is 1. The van der Waals surface area contributed by atoms with Crippen LogP contribution in [0.4, 0.5) is 0 Å². The zero-order chi connectivity index (χ0) is 15.7. The summed E-state index contributed by atoms with van der Waals surface area (Å²) in [5.74, 6) is 0.185. The maximum Gasteiger partial charge on any atom is 0.271 e. The van der Waals surface area contributed by atoms with Gasteiger partial charge in [-0.05, 0) is 37.8 Å². The van der Waals surface area contributed by atoms with Crippen molar-refractivity contribution in [3.63, 3.8) is 0 Å². The van der Waals surface area contributed by atoms with Gasteiger partial charge in [-0.1, -0.05) is 17.7 Å². The number of amides is 1. The van der Waals surface area contributed by atoms with Gasteiger partial charge in [0.1, 0.15) is 5.69 Å². The van der Waals surface area contributed by atoms with Gasteiger partial charge in [0, 0.05) is 18.7 Å². The molecule has 1 saturated carbocycles. The largest absolute Gasteiger partial charge is 0.346 e. The van der Waals surface area contributed by atoms with Crippen LogP contribution < -0.4 is 16.6 Å². The van der Waals surface area contributed by atoms with Crippen LogP contribution in [0.1, 0.15) is 28.9 Å². The van der Waals surface area contributed by atoms with E-state index in [4.69, 9.17) is 5.73 Å². The molecule has 3 rings (SSSR count). The van der Waals surface area contributed by atoms with Gasteiger partial charge >= 0.3 is 0 Å². The number of nitrogens with one attached hydrogen (secondary N) is 2. The van der Waals surface area contributed by atoms with Crippen LogP contribution in [-0.4, -0.2) is 28.3 Å². The molecule has 7 heteroatoms. The van der Waals surface area contributed by atoms with Gasteiger partial charge in [0.15, 0.2) is 0 Å². The lowest BCUT2D eigenvalue weighted by atomic mass is 10.2. The van der Waals surface area contributed by atoms with Crippen molar-refractivity contribution in [2.24, 2.45) is 11.7 Å². The number of hydrogen-bond donors (Lipinski definition) is 3. The highest BCUT2D eigenvalue weighted by molar-refractivity contribution is 5.92. The normalized spacial score (nSPS) is 14.9. The number of rotatable bonds is 5. The Bertz CT molecular complexity index is 731. The maximum atomic E-state index is 12.2. The molecule has 1 aliphatic carbocycles. The number of nitrogens with zero attached hydrogens (tertiary/aromatic N) is 1. The summed E-state index contributed by atoms with van der Waals surface area (Å²) in [7, 11) is 0. The first-order chi connectivity index (χ1) is 10.6. The molecular weight excluding hydrogens is 316 g/mol. The first-order valence-electron chi connectivity index (χ1n) is 7.48. The quantitative estimate of drug-likeness (QED) is 0.769. The van der Waals surface area contributed by atoms with E-state index in [2.05, 4.69) is 10.4 Å². The molecule has 0 bridgehead atoms. The Balaban J connectivity index is 0.00000192. The topological polar surface area (TPSA) is 92.9 Å². The lowest BCUT2D eigenvalue weighted by Gasteiger charge is -2.15. The zero-order valence-electron chi connectivity index (χ0n) is 12.9. The Morgan fingerprint density at radius 1 is 1.39 bits per heavy atom. The molecule has 1 aliphatic rings. The minimum Gasteiger partial charge on any atom is -0.346 e. The number of halogens is 1. The molecule has 1 aromatic heterocycles. The van der Waals surface area contributed by atoms with E-state index in [1.807, 2.05) is 31.2 Å². The SMILES string of the molecule is Cc1ccc(-n2[nH]c(C(=O)NC(CN)C3CC3)cc2=O)cc1.Cl. The van der Waals surface area contributed by atoms with Crippen LogP contribution in [0, 0.1) is 12.8 Å².